The van der Waals surface area contributed by atoms with E-state index in [2.05, 4.69) is 5.32 Å². The molecule has 100 valence electrons. The van der Waals surface area contributed by atoms with Crippen LogP contribution in [0.1, 0.15) is 26.3 Å². The van der Waals surface area contributed by atoms with E-state index in [1.807, 2.05) is 13.0 Å². The highest BCUT2D eigenvalue weighted by Gasteiger charge is 2.47. The van der Waals surface area contributed by atoms with E-state index in [0.717, 1.165) is 16.9 Å². The highest BCUT2D eigenvalue weighted by molar-refractivity contribution is 6.29. The van der Waals surface area contributed by atoms with Gasteiger partial charge in [0, 0.05) is 0 Å². The fourth-order valence-electron chi connectivity index (χ4n) is 1.93. The number of hydrogen-bond donors (Lipinski definition) is 1. The van der Waals surface area contributed by atoms with Crippen molar-refractivity contribution in [1.29, 1.82) is 0 Å². The van der Waals surface area contributed by atoms with Gasteiger partial charge in [-0.15, -0.1) is 0 Å². The maximum Gasteiger partial charge on any atom is 0.335 e. The van der Waals surface area contributed by atoms with Crippen molar-refractivity contribution in [1.82, 2.24) is 5.32 Å². The molecule has 0 radical (unpaired) electrons. The van der Waals surface area contributed by atoms with Crippen molar-refractivity contribution >= 4 is 23.5 Å². The fourth-order valence-corrected chi connectivity index (χ4v) is 1.93. The van der Waals surface area contributed by atoms with E-state index in [4.69, 9.17) is 0 Å². The molecule has 0 saturated carbocycles. The third kappa shape index (κ3) is 2.12. The Balaban J connectivity index is 2.45. The molecule has 1 aromatic carbocycles. The number of rotatable bonds is 2. The molecule has 1 saturated heterocycles. The number of imide groups is 2. The largest absolute Gasteiger partial charge is 0.335 e. The lowest BCUT2D eigenvalue weighted by Crippen LogP contribution is -2.62. The minimum Gasteiger partial charge on any atom is -0.276 e. The average molecular weight is 260 g/mol. The smallest absolute Gasteiger partial charge is 0.276 e. The minimum absolute atomic E-state index is 0.488. The molecule has 0 atom stereocenters. The van der Waals surface area contributed by atoms with E-state index in [9.17, 15) is 14.4 Å². The summed E-state index contributed by atoms with van der Waals surface area (Å²) in [6.45, 7) is 5.01. The Bertz CT molecular complexity index is 564. The first-order valence-corrected chi connectivity index (χ1v) is 6.17. The SMILES string of the molecule is CCc1cccc(N2C(=O)NC(=O)C(C)(C)C2=O)c1. The van der Waals surface area contributed by atoms with E-state index in [0.29, 0.717) is 5.69 Å². The van der Waals surface area contributed by atoms with Crippen molar-refractivity contribution in [2.45, 2.75) is 27.2 Å². The van der Waals surface area contributed by atoms with Crippen molar-refractivity contribution < 1.29 is 14.4 Å². The van der Waals surface area contributed by atoms with Crippen LogP contribution in [0.5, 0.6) is 0 Å². The first kappa shape index (κ1) is 13.3. The Morgan fingerprint density at radius 2 is 1.89 bits per heavy atom. The zero-order chi connectivity index (χ0) is 14.2. The molecule has 0 aliphatic carbocycles. The number of hydrogen-bond acceptors (Lipinski definition) is 3. The van der Waals surface area contributed by atoms with Gasteiger partial charge in [0.2, 0.25) is 11.8 Å². The van der Waals surface area contributed by atoms with Gasteiger partial charge in [0.25, 0.3) is 0 Å². The quantitative estimate of drug-likeness (QED) is 0.825. The van der Waals surface area contributed by atoms with Gasteiger partial charge in [-0.05, 0) is 38.0 Å². The highest BCUT2D eigenvalue weighted by atomic mass is 16.2. The Morgan fingerprint density at radius 3 is 2.53 bits per heavy atom. The van der Waals surface area contributed by atoms with Gasteiger partial charge in [-0.1, -0.05) is 19.1 Å². The standard InChI is InChI=1S/C14H16N2O3/c1-4-9-6-5-7-10(8-9)16-12(18)14(2,3)11(17)15-13(16)19/h5-8H,4H2,1-3H3,(H,15,17,19). The van der Waals surface area contributed by atoms with Crippen molar-refractivity contribution in [2.75, 3.05) is 4.90 Å². The summed E-state index contributed by atoms with van der Waals surface area (Å²) in [5.41, 5.74) is 0.270. The van der Waals surface area contributed by atoms with Crippen LogP contribution in [0, 0.1) is 5.41 Å². The molecule has 19 heavy (non-hydrogen) atoms. The van der Waals surface area contributed by atoms with Crippen LogP contribution in [-0.4, -0.2) is 17.8 Å². The summed E-state index contributed by atoms with van der Waals surface area (Å²) >= 11 is 0. The summed E-state index contributed by atoms with van der Waals surface area (Å²) < 4.78 is 0. The van der Waals surface area contributed by atoms with E-state index < -0.39 is 23.3 Å². The molecule has 4 amide bonds. The van der Waals surface area contributed by atoms with Crippen LogP contribution in [0.25, 0.3) is 0 Å². The lowest BCUT2D eigenvalue weighted by atomic mass is 9.88. The van der Waals surface area contributed by atoms with Crippen LogP contribution < -0.4 is 10.2 Å². The number of nitrogens with one attached hydrogen (secondary N) is 1. The third-order valence-corrected chi connectivity index (χ3v) is 3.31. The Hall–Kier alpha value is -2.17. The predicted molar refractivity (Wildman–Crippen MR) is 70.6 cm³/mol. The maximum atomic E-state index is 12.3. The highest BCUT2D eigenvalue weighted by Crippen LogP contribution is 2.28. The van der Waals surface area contributed by atoms with E-state index >= 15 is 0 Å². The molecule has 0 unspecified atom stereocenters. The number of anilines is 1. The van der Waals surface area contributed by atoms with Gasteiger partial charge in [0.05, 0.1) is 5.69 Å². The summed E-state index contributed by atoms with van der Waals surface area (Å²) in [4.78, 5) is 36.9. The molecule has 5 nitrogen and oxygen atoms in total. The molecule has 2 rings (SSSR count). The molecular weight excluding hydrogens is 244 g/mol. The van der Waals surface area contributed by atoms with Gasteiger partial charge in [0.15, 0.2) is 0 Å². The second-order valence-corrected chi connectivity index (χ2v) is 5.05. The lowest BCUT2D eigenvalue weighted by Gasteiger charge is -2.34. The molecule has 0 bridgehead atoms. The van der Waals surface area contributed by atoms with Gasteiger partial charge in [-0.3, -0.25) is 14.9 Å². The van der Waals surface area contributed by atoms with Crippen molar-refractivity contribution in [3.63, 3.8) is 0 Å². The van der Waals surface area contributed by atoms with Gasteiger partial charge in [-0.25, -0.2) is 9.69 Å². The summed E-state index contributed by atoms with van der Waals surface area (Å²) in [5.74, 6) is -1.07. The number of barbiturate groups is 1. The second kappa shape index (κ2) is 4.50. The van der Waals surface area contributed by atoms with Gasteiger partial charge in [0.1, 0.15) is 5.41 Å². The van der Waals surface area contributed by atoms with Crippen LogP contribution in [0.15, 0.2) is 24.3 Å². The van der Waals surface area contributed by atoms with Crippen LogP contribution in [0.4, 0.5) is 10.5 Å². The van der Waals surface area contributed by atoms with Crippen molar-refractivity contribution in [3.05, 3.63) is 29.8 Å². The summed E-state index contributed by atoms with van der Waals surface area (Å²) in [6.07, 6.45) is 0.805. The fraction of sp³-hybridized carbons (Fsp3) is 0.357. The Kier molecular flexibility index (Phi) is 3.14. The molecule has 1 aromatic rings. The van der Waals surface area contributed by atoms with Crippen molar-refractivity contribution in [2.24, 2.45) is 5.41 Å². The van der Waals surface area contributed by atoms with E-state index in [1.54, 1.807) is 18.2 Å². The van der Waals surface area contributed by atoms with Gasteiger partial charge < -0.3 is 0 Å². The number of nitrogens with zero attached hydrogens (tertiary/aromatic N) is 1. The Morgan fingerprint density at radius 1 is 1.21 bits per heavy atom. The van der Waals surface area contributed by atoms with Crippen LogP contribution in [0.2, 0.25) is 0 Å². The number of carbonyl (C=O) groups is 3. The summed E-state index contributed by atoms with van der Waals surface area (Å²) in [7, 11) is 0. The first-order chi connectivity index (χ1) is 8.87. The number of carbonyl (C=O) groups excluding carboxylic acids is 3. The lowest BCUT2D eigenvalue weighted by molar-refractivity contribution is -0.140. The van der Waals surface area contributed by atoms with Crippen LogP contribution in [0.3, 0.4) is 0 Å². The topological polar surface area (TPSA) is 66.5 Å². The molecule has 1 aliphatic heterocycles. The molecule has 0 aromatic heterocycles. The average Bonchev–Trinajstić information content (AvgIpc) is 2.37. The zero-order valence-electron chi connectivity index (χ0n) is 11.2. The van der Waals surface area contributed by atoms with Crippen LogP contribution >= 0.6 is 0 Å². The maximum absolute atomic E-state index is 12.3. The molecule has 1 aliphatic rings. The molecule has 1 N–H and O–H groups in total. The van der Waals surface area contributed by atoms with Crippen molar-refractivity contribution in [3.8, 4) is 0 Å². The monoisotopic (exact) mass is 260 g/mol. The second-order valence-electron chi connectivity index (χ2n) is 5.05. The molecular formula is C14H16N2O3. The minimum atomic E-state index is -1.24. The molecule has 1 heterocycles. The zero-order valence-corrected chi connectivity index (χ0v) is 11.2. The number of amides is 4. The predicted octanol–water partition coefficient (Wildman–Crippen LogP) is 1.86. The number of aryl methyl sites for hydroxylation is 1. The van der Waals surface area contributed by atoms with E-state index in [1.165, 1.54) is 13.8 Å². The number of benzene rings is 1. The normalized spacial score (nSPS) is 18.5. The summed E-state index contributed by atoms with van der Waals surface area (Å²) in [5, 5.41) is 2.21. The van der Waals surface area contributed by atoms with E-state index in [-0.39, 0.29) is 0 Å². The first-order valence-electron chi connectivity index (χ1n) is 6.17. The summed E-state index contributed by atoms with van der Waals surface area (Å²) in [6, 6.07) is 6.48. The van der Waals surface area contributed by atoms with Crippen LogP contribution in [-0.2, 0) is 16.0 Å². The molecule has 5 heteroatoms. The molecule has 1 fully saturated rings. The Labute approximate surface area is 111 Å². The number of urea groups is 1. The third-order valence-electron chi connectivity index (χ3n) is 3.31. The van der Waals surface area contributed by atoms with Gasteiger partial charge in [-0.2, -0.15) is 0 Å². The molecule has 0 spiro atoms. The van der Waals surface area contributed by atoms with Gasteiger partial charge >= 0.3 is 6.03 Å².